The molecule has 0 saturated carbocycles. The Morgan fingerprint density at radius 3 is 2.48 bits per heavy atom. The fraction of sp³-hybridized carbons (Fsp3) is 0.588. The minimum Gasteiger partial charge on any atom is -0.494 e. The van der Waals surface area contributed by atoms with Gasteiger partial charge in [0.2, 0.25) is 0 Å². The lowest BCUT2D eigenvalue weighted by molar-refractivity contribution is 0.0331. The van der Waals surface area contributed by atoms with Crippen molar-refractivity contribution in [2.75, 3.05) is 13.2 Å². The molecule has 0 amide bonds. The van der Waals surface area contributed by atoms with E-state index in [4.69, 9.17) is 10.00 Å². The molecule has 0 aromatic heterocycles. The third-order valence-electron chi connectivity index (χ3n) is 4.67. The summed E-state index contributed by atoms with van der Waals surface area (Å²) in [6.45, 7) is 1.75. The average Bonchev–Trinajstić information content (AvgIpc) is 2.74. The van der Waals surface area contributed by atoms with Crippen molar-refractivity contribution in [2.45, 2.75) is 50.3 Å². The average molecular weight is 286 g/mol. The van der Waals surface area contributed by atoms with E-state index in [1.54, 1.807) is 12.1 Å². The SMILES string of the molecule is N#Cc1ccc(OCCCN2C3CCC2CC(O)C3)cc1. The largest absolute Gasteiger partial charge is 0.494 e. The summed E-state index contributed by atoms with van der Waals surface area (Å²) in [6.07, 6.45) is 5.26. The molecule has 0 spiro atoms. The molecule has 4 nitrogen and oxygen atoms in total. The number of hydrogen-bond acceptors (Lipinski definition) is 4. The summed E-state index contributed by atoms with van der Waals surface area (Å²) >= 11 is 0. The number of rotatable bonds is 5. The second kappa shape index (κ2) is 6.46. The molecule has 0 radical (unpaired) electrons. The van der Waals surface area contributed by atoms with Gasteiger partial charge in [0.25, 0.3) is 0 Å². The van der Waals surface area contributed by atoms with Crippen LogP contribution >= 0.6 is 0 Å². The molecule has 2 aliphatic rings. The molecule has 1 N–H and O–H groups in total. The molecule has 112 valence electrons. The van der Waals surface area contributed by atoms with Gasteiger partial charge >= 0.3 is 0 Å². The molecule has 1 aromatic rings. The maximum atomic E-state index is 9.80. The Morgan fingerprint density at radius 1 is 1.19 bits per heavy atom. The Hall–Kier alpha value is -1.57. The zero-order chi connectivity index (χ0) is 14.7. The number of aliphatic hydroxyl groups excluding tert-OH is 1. The van der Waals surface area contributed by atoms with Gasteiger partial charge in [-0.3, -0.25) is 4.90 Å². The van der Waals surface area contributed by atoms with Crippen LogP contribution in [0.25, 0.3) is 0 Å². The van der Waals surface area contributed by atoms with Crippen LogP contribution in [0.4, 0.5) is 0 Å². The highest BCUT2D eigenvalue weighted by atomic mass is 16.5. The number of nitrogens with zero attached hydrogens (tertiary/aromatic N) is 2. The molecule has 1 aromatic carbocycles. The summed E-state index contributed by atoms with van der Waals surface area (Å²) in [6, 6.07) is 10.5. The molecule has 4 heteroatoms. The summed E-state index contributed by atoms with van der Waals surface area (Å²) in [7, 11) is 0. The predicted molar refractivity (Wildman–Crippen MR) is 80.0 cm³/mol. The van der Waals surface area contributed by atoms with Gasteiger partial charge in [0.05, 0.1) is 24.3 Å². The molecule has 2 unspecified atom stereocenters. The van der Waals surface area contributed by atoms with Crippen molar-refractivity contribution in [3.05, 3.63) is 29.8 Å². The van der Waals surface area contributed by atoms with Gasteiger partial charge in [0.1, 0.15) is 5.75 Å². The first kappa shape index (κ1) is 14.4. The second-order valence-electron chi connectivity index (χ2n) is 6.09. The van der Waals surface area contributed by atoms with Gasteiger partial charge in [-0.1, -0.05) is 0 Å². The van der Waals surface area contributed by atoms with E-state index < -0.39 is 0 Å². The topological polar surface area (TPSA) is 56.5 Å². The summed E-state index contributed by atoms with van der Waals surface area (Å²) in [5.74, 6) is 0.825. The maximum Gasteiger partial charge on any atom is 0.119 e. The first-order valence-electron chi connectivity index (χ1n) is 7.83. The highest BCUT2D eigenvalue weighted by molar-refractivity contribution is 5.34. The van der Waals surface area contributed by atoms with Gasteiger partial charge in [0, 0.05) is 18.6 Å². The van der Waals surface area contributed by atoms with E-state index in [1.165, 1.54) is 12.8 Å². The van der Waals surface area contributed by atoms with Crippen LogP contribution in [0.3, 0.4) is 0 Å². The zero-order valence-corrected chi connectivity index (χ0v) is 12.2. The molecular weight excluding hydrogens is 264 g/mol. The molecule has 2 fully saturated rings. The van der Waals surface area contributed by atoms with E-state index >= 15 is 0 Å². The van der Waals surface area contributed by atoms with Crippen LogP contribution in [0.2, 0.25) is 0 Å². The third-order valence-corrected chi connectivity index (χ3v) is 4.67. The number of fused-ring (bicyclic) bond motifs is 2. The van der Waals surface area contributed by atoms with Crippen LogP contribution in [-0.2, 0) is 0 Å². The van der Waals surface area contributed by atoms with Gasteiger partial charge in [-0.05, 0) is 56.4 Å². The minimum absolute atomic E-state index is 0.0892. The van der Waals surface area contributed by atoms with E-state index in [1.807, 2.05) is 12.1 Å². The summed E-state index contributed by atoms with van der Waals surface area (Å²) in [4.78, 5) is 2.56. The number of benzene rings is 1. The van der Waals surface area contributed by atoms with Crippen LogP contribution in [0, 0.1) is 11.3 Å². The third kappa shape index (κ3) is 3.37. The number of aliphatic hydroxyl groups is 1. The first-order chi connectivity index (χ1) is 10.3. The van der Waals surface area contributed by atoms with E-state index in [2.05, 4.69) is 11.0 Å². The summed E-state index contributed by atoms with van der Waals surface area (Å²) in [5.41, 5.74) is 0.658. The van der Waals surface area contributed by atoms with Crippen LogP contribution in [0.15, 0.2) is 24.3 Å². The first-order valence-corrected chi connectivity index (χ1v) is 7.83. The number of nitriles is 1. The van der Waals surface area contributed by atoms with Gasteiger partial charge in [-0.25, -0.2) is 0 Å². The number of piperidine rings is 1. The van der Waals surface area contributed by atoms with Crippen molar-refractivity contribution in [3.8, 4) is 11.8 Å². The Labute approximate surface area is 125 Å². The van der Waals surface area contributed by atoms with Crippen molar-refractivity contribution >= 4 is 0 Å². The molecule has 2 aliphatic heterocycles. The lowest BCUT2D eigenvalue weighted by Gasteiger charge is -2.37. The van der Waals surface area contributed by atoms with Crippen LogP contribution in [-0.4, -0.2) is 41.3 Å². The van der Waals surface area contributed by atoms with Crippen molar-refractivity contribution in [1.82, 2.24) is 4.90 Å². The van der Waals surface area contributed by atoms with E-state index in [0.717, 1.165) is 31.6 Å². The highest BCUT2D eigenvalue weighted by Crippen LogP contribution is 2.35. The summed E-state index contributed by atoms with van der Waals surface area (Å²) < 4.78 is 5.72. The van der Waals surface area contributed by atoms with Crippen LogP contribution < -0.4 is 4.74 Å². The maximum absolute atomic E-state index is 9.80. The van der Waals surface area contributed by atoms with Crippen molar-refractivity contribution in [1.29, 1.82) is 5.26 Å². The lowest BCUT2D eigenvalue weighted by Crippen LogP contribution is -2.45. The number of ether oxygens (including phenoxy) is 1. The van der Waals surface area contributed by atoms with Crippen LogP contribution in [0.1, 0.15) is 37.7 Å². The Balaban J connectivity index is 1.41. The van der Waals surface area contributed by atoms with Gasteiger partial charge in [-0.2, -0.15) is 5.26 Å². The molecular formula is C17H22N2O2. The number of hydrogen-bond donors (Lipinski definition) is 1. The van der Waals surface area contributed by atoms with Crippen molar-refractivity contribution < 1.29 is 9.84 Å². The quantitative estimate of drug-likeness (QED) is 0.844. The highest BCUT2D eigenvalue weighted by Gasteiger charge is 2.39. The fourth-order valence-electron chi connectivity index (χ4n) is 3.67. The van der Waals surface area contributed by atoms with Gasteiger partial charge in [0.15, 0.2) is 0 Å². The smallest absolute Gasteiger partial charge is 0.119 e. The van der Waals surface area contributed by atoms with Crippen molar-refractivity contribution in [2.24, 2.45) is 0 Å². The van der Waals surface area contributed by atoms with E-state index in [0.29, 0.717) is 24.3 Å². The molecule has 2 bridgehead atoms. The standard InChI is InChI=1S/C17H22N2O2/c18-12-13-2-6-17(7-3-13)21-9-1-8-19-14-4-5-15(19)11-16(20)10-14/h2-3,6-7,14-16,20H,1,4-5,8-11H2. The lowest BCUT2D eigenvalue weighted by atomic mass is 10.00. The van der Waals surface area contributed by atoms with E-state index in [9.17, 15) is 5.11 Å². The molecule has 3 rings (SSSR count). The monoisotopic (exact) mass is 286 g/mol. The Kier molecular flexibility index (Phi) is 4.42. The van der Waals surface area contributed by atoms with Gasteiger partial charge < -0.3 is 9.84 Å². The molecule has 0 aliphatic carbocycles. The fourth-order valence-corrected chi connectivity index (χ4v) is 3.67. The Bertz CT molecular complexity index is 495. The van der Waals surface area contributed by atoms with Crippen molar-refractivity contribution in [3.63, 3.8) is 0 Å². The van der Waals surface area contributed by atoms with Crippen LogP contribution in [0.5, 0.6) is 5.75 Å². The Morgan fingerprint density at radius 2 is 1.86 bits per heavy atom. The summed E-state index contributed by atoms with van der Waals surface area (Å²) in [5, 5.41) is 18.5. The van der Waals surface area contributed by atoms with Gasteiger partial charge in [-0.15, -0.1) is 0 Å². The molecule has 2 heterocycles. The normalized spacial score (nSPS) is 28.3. The second-order valence-corrected chi connectivity index (χ2v) is 6.09. The minimum atomic E-state index is -0.0892. The van der Waals surface area contributed by atoms with E-state index in [-0.39, 0.29) is 6.10 Å². The molecule has 2 saturated heterocycles. The zero-order valence-electron chi connectivity index (χ0n) is 12.2. The predicted octanol–water partition coefficient (Wildman–Crippen LogP) is 2.31. The molecule has 2 atom stereocenters. The molecule has 21 heavy (non-hydrogen) atoms.